The number of halogens is 1. The maximum Gasteiger partial charge on any atom is 0.182 e. The number of nitrogens with one attached hydrogen (secondary N) is 1. The molecule has 0 saturated carbocycles. The van der Waals surface area contributed by atoms with Crippen molar-refractivity contribution in [3.63, 3.8) is 0 Å². The van der Waals surface area contributed by atoms with Crippen molar-refractivity contribution >= 4 is 11.6 Å². The molecular weight excluding hydrogens is 442 g/mol. The van der Waals surface area contributed by atoms with Crippen molar-refractivity contribution in [3.05, 3.63) is 63.3 Å². The zero-order valence-electron chi connectivity index (χ0n) is 18.2. The first-order valence-electron chi connectivity index (χ1n) is 11.5. The van der Waals surface area contributed by atoms with Crippen LogP contribution in [0.25, 0.3) is 11.1 Å². The number of nitrogens with zero attached hydrogens (tertiary/aromatic N) is 2. The molecule has 7 nitrogen and oxygen atoms in total. The highest BCUT2D eigenvalue weighted by Crippen LogP contribution is 2.49. The van der Waals surface area contributed by atoms with E-state index in [1.807, 2.05) is 18.3 Å². The quantitative estimate of drug-likeness (QED) is 0.616. The number of rotatable bonds is 2. The number of pyridine rings is 1. The molecule has 3 aliphatic heterocycles. The Morgan fingerprint density at radius 3 is 2.88 bits per heavy atom. The van der Waals surface area contributed by atoms with Gasteiger partial charge in [0.15, 0.2) is 11.9 Å². The monoisotopic (exact) mass is 465 g/mol. The molecule has 1 N–H and O–H groups in total. The second-order valence-corrected chi connectivity index (χ2v) is 10.0. The minimum atomic E-state index is -0.199. The summed E-state index contributed by atoms with van der Waals surface area (Å²) in [5.74, 6) is 1.70. The third kappa shape index (κ3) is 3.21. The fraction of sp³-hybridized carbons (Fsp3) is 0.440. The minimum Gasteiger partial charge on any atom is -0.481 e. The number of aromatic nitrogens is 2. The second-order valence-electron chi connectivity index (χ2n) is 9.60. The van der Waals surface area contributed by atoms with Crippen LogP contribution in [0.4, 0.5) is 0 Å². The van der Waals surface area contributed by atoms with Crippen LogP contribution in [-0.4, -0.2) is 36.7 Å². The Morgan fingerprint density at radius 1 is 1.06 bits per heavy atom. The highest BCUT2D eigenvalue weighted by atomic mass is 35.5. The van der Waals surface area contributed by atoms with E-state index in [9.17, 15) is 0 Å². The van der Waals surface area contributed by atoms with E-state index >= 15 is 0 Å². The smallest absolute Gasteiger partial charge is 0.182 e. The molecule has 5 heterocycles. The van der Waals surface area contributed by atoms with Crippen LogP contribution in [0.5, 0.6) is 5.75 Å². The molecule has 4 aliphatic rings. The maximum absolute atomic E-state index is 6.60. The Bertz CT molecular complexity index is 1250. The molecule has 1 aromatic carbocycles. The van der Waals surface area contributed by atoms with Crippen LogP contribution >= 0.6 is 11.6 Å². The largest absolute Gasteiger partial charge is 0.481 e. The zero-order chi connectivity index (χ0) is 22.0. The molecule has 1 aliphatic carbocycles. The Hall–Kier alpha value is -2.45. The van der Waals surface area contributed by atoms with Gasteiger partial charge in [-0.25, -0.2) is 0 Å². The van der Waals surface area contributed by atoms with Crippen LogP contribution in [0.1, 0.15) is 39.9 Å². The van der Waals surface area contributed by atoms with Gasteiger partial charge in [-0.1, -0.05) is 16.8 Å². The van der Waals surface area contributed by atoms with Gasteiger partial charge in [0, 0.05) is 71.4 Å². The van der Waals surface area contributed by atoms with Crippen molar-refractivity contribution in [3.8, 4) is 16.9 Å². The summed E-state index contributed by atoms with van der Waals surface area (Å²) in [6.45, 7) is 3.45. The Kier molecular flexibility index (Phi) is 4.56. The molecule has 1 saturated heterocycles. The fourth-order valence-electron chi connectivity index (χ4n) is 5.84. The number of ether oxygens (including phenoxy) is 3. The van der Waals surface area contributed by atoms with Gasteiger partial charge in [-0.05, 0) is 35.7 Å². The molecule has 0 amide bonds. The molecule has 1 atom stereocenters. The van der Waals surface area contributed by atoms with E-state index in [2.05, 4.69) is 16.5 Å². The van der Waals surface area contributed by atoms with Crippen molar-refractivity contribution < 1.29 is 18.7 Å². The van der Waals surface area contributed by atoms with E-state index in [0.29, 0.717) is 31.5 Å². The molecule has 3 aromatic rings. The summed E-state index contributed by atoms with van der Waals surface area (Å²) in [6, 6.07) is 6.09. The predicted octanol–water partition coefficient (Wildman–Crippen LogP) is 3.80. The summed E-state index contributed by atoms with van der Waals surface area (Å²) in [4.78, 5) is 4.70. The zero-order valence-corrected chi connectivity index (χ0v) is 18.9. The summed E-state index contributed by atoms with van der Waals surface area (Å²) < 4.78 is 23.7. The van der Waals surface area contributed by atoms with Gasteiger partial charge < -0.3 is 24.1 Å². The number of fused-ring (bicyclic) bond motifs is 3. The first-order chi connectivity index (χ1) is 16.2. The van der Waals surface area contributed by atoms with E-state index in [1.165, 1.54) is 5.56 Å². The van der Waals surface area contributed by atoms with Gasteiger partial charge >= 0.3 is 0 Å². The molecule has 0 bridgehead atoms. The summed E-state index contributed by atoms with van der Waals surface area (Å²) in [5.41, 5.74) is 7.72. The molecule has 8 heteroatoms. The van der Waals surface area contributed by atoms with Crippen molar-refractivity contribution in [2.45, 2.75) is 38.3 Å². The summed E-state index contributed by atoms with van der Waals surface area (Å²) in [7, 11) is 0. The number of hydrogen-bond acceptors (Lipinski definition) is 7. The summed E-state index contributed by atoms with van der Waals surface area (Å²) in [6.07, 6.45) is 5.01. The second kappa shape index (κ2) is 7.53. The third-order valence-corrected chi connectivity index (χ3v) is 7.56. The molecule has 0 radical (unpaired) electrons. The Labute approximate surface area is 196 Å². The normalized spacial score (nSPS) is 22.6. The fourth-order valence-corrected chi connectivity index (χ4v) is 6.08. The van der Waals surface area contributed by atoms with Gasteiger partial charge in [-0.15, -0.1) is 0 Å². The van der Waals surface area contributed by atoms with Gasteiger partial charge in [-0.3, -0.25) is 4.98 Å². The van der Waals surface area contributed by atoms with E-state index in [0.717, 1.165) is 77.5 Å². The van der Waals surface area contributed by atoms with E-state index in [4.69, 9.17) is 35.3 Å². The summed E-state index contributed by atoms with van der Waals surface area (Å²) >= 11 is 6.60. The summed E-state index contributed by atoms with van der Waals surface area (Å²) in [5, 5.41) is 8.42. The van der Waals surface area contributed by atoms with E-state index in [-0.39, 0.29) is 11.5 Å². The lowest BCUT2D eigenvalue weighted by Crippen LogP contribution is -2.38. The standard InChI is InChI=1S/C25H24ClN3O4/c26-15-5-14-6-22(24-19-10-27-3-2-20(19)29-33-24)32-23(14)17(7-15)16-1-4-28-21-9-25(8-18(16)21)11-30-13-31-12-25/h1,4-5,7,22,27H,2-3,6,8-13H2. The molecule has 2 aromatic heterocycles. The van der Waals surface area contributed by atoms with Gasteiger partial charge in [0.25, 0.3) is 0 Å². The number of hydrogen-bond donors (Lipinski definition) is 1. The molecule has 1 spiro atoms. The van der Waals surface area contributed by atoms with Crippen LogP contribution < -0.4 is 10.1 Å². The lowest BCUT2D eigenvalue weighted by Gasteiger charge is -2.32. The van der Waals surface area contributed by atoms with Crippen LogP contribution in [0.3, 0.4) is 0 Å². The molecule has 33 heavy (non-hydrogen) atoms. The lowest BCUT2D eigenvalue weighted by atomic mass is 9.85. The molecule has 7 rings (SSSR count). The van der Waals surface area contributed by atoms with Gasteiger partial charge in [-0.2, -0.15) is 0 Å². The molecule has 1 fully saturated rings. The van der Waals surface area contributed by atoms with Gasteiger partial charge in [0.2, 0.25) is 0 Å². The van der Waals surface area contributed by atoms with Crippen LogP contribution in [0.15, 0.2) is 28.9 Å². The van der Waals surface area contributed by atoms with Crippen molar-refractivity contribution in [2.75, 3.05) is 26.6 Å². The average molecular weight is 466 g/mol. The van der Waals surface area contributed by atoms with E-state index < -0.39 is 0 Å². The molecular formula is C25H24ClN3O4. The SMILES string of the molecule is Clc1cc2c(c(-c3ccnc4c3CC3(COCOC3)C4)c1)OC(c1onc3c1CNCC3)C2. The van der Waals surface area contributed by atoms with E-state index in [1.54, 1.807) is 0 Å². The third-order valence-electron chi connectivity index (χ3n) is 7.34. The molecule has 170 valence electrons. The Balaban J connectivity index is 1.27. The highest BCUT2D eigenvalue weighted by Gasteiger charge is 2.42. The van der Waals surface area contributed by atoms with Gasteiger partial charge in [0.05, 0.1) is 18.9 Å². The van der Waals surface area contributed by atoms with Crippen molar-refractivity contribution in [1.82, 2.24) is 15.5 Å². The van der Waals surface area contributed by atoms with Crippen molar-refractivity contribution in [2.24, 2.45) is 5.41 Å². The maximum atomic E-state index is 6.60. The van der Waals surface area contributed by atoms with Crippen LogP contribution in [0, 0.1) is 5.41 Å². The lowest BCUT2D eigenvalue weighted by molar-refractivity contribution is -0.161. The topological polar surface area (TPSA) is 78.6 Å². The van der Waals surface area contributed by atoms with Crippen LogP contribution in [-0.2, 0) is 41.7 Å². The highest BCUT2D eigenvalue weighted by molar-refractivity contribution is 6.31. The first kappa shape index (κ1) is 20.0. The number of benzene rings is 1. The average Bonchev–Trinajstić information content (AvgIpc) is 3.53. The predicted molar refractivity (Wildman–Crippen MR) is 120 cm³/mol. The van der Waals surface area contributed by atoms with Crippen molar-refractivity contribution in [1.29, 1.82) is 0 Å². The minimum absolute atomic E-state index is 0.0409. The first-order valence-corrected chi connectivity index (χ1v) is 11.9. The van der Waals surface area contributed by atoms with Crippen LogP contribution in [0.2, 0.25) is 5.02 Å². The molecule has 1 unspecified atom stereocenters. The van der Waals surface area contributed by atoms with Gasteiger partial charge in [0.1, 0.15) is 12.5 Å². The Morgan fingerprint density at radius 2 is 1.97 bits per heavy atom.